The highest BCUT2D eigenvalue weighted by Crippen LogP contribution is 2.19. The van der Waals surface area contributed by atoms with Gasteiger partial charge < -0.3 is 11.1 Å². The van der Waals surface area contributed by atoms with E-state index in [2.05, 4.69) is 37.3 Å². The van der Waals surface area contributed by atoms with Gasteiger partial charge in [0.05, 0.1) is 0 Å². The van der Waals surface area contributed by atoms with Crippen LogP contribution in [0.4, 0.5) is 5.95 Å². The second kappa shape index (κ2) is 6.47. The van der Waals surface area contributed by atoms with E-state index in [-0.39, 0.29) is 0 Å². The summed E-state index contributed by atoms with van der Waals surface area (Å²) in [6, 6.07) is 8.15. The number of anilines is 1. The van der Waals surface area contributed by atoms with Crippen LogP contribution in [0.2, 0.25) is 0 Å². The number of nitrogens with two attached hydrogens (primary N) is 1. The maximum Gasteiger partial charge on any atom is 0.222 e. The molecule has 0 spiro atoms. The van der Waals surface area contributed by atoms with Crippen molar-refractivity contribution in [3.63, 3.8) is 0 Å². The number of aromatic nitrogens is 2. The first-order valence-corrected chi connectivity index (χ1v) is 6.57. The normalized spacial score (nSPS) is 10.3. The van der Waals surface area contributed by atoms with Gasteiger partial charge in [-0.3, -0.25) is 0 Å². The van der Waals surface area contributed by atoms with Crippen LogP contribution in [-0.2, 0) is 6.42 Å². The lowest BCUT2D eigenvalue weighted by atomic mass is 10.1. The third-order valence-electron chi connectivity index (χ3n) is 2.49. The SMILES string of the molecule is NCCNc1ncc(Cc2ccccc2Br)cn1. The summed E-state index contributed by atoms with van der Waals surface area (Å²) in [6.45, 7) is 1.26. The third kappa shape index (κ3) is 3.51. The summed E-state index contributed by atoms with van der Waals surface area (Å²) in [4.78, 5) is 8.50. The summed E-state index contributed by atoms with van der Waals surface area (Å²) in [5, 5.41) is 3.04. The summed E-state index contributed by atoms with van der Waals surface area (Å²) in [7, 11) is 0. The van der Waals surface area contributed by atoms with Crippen molar-refractivity contribution < 1.29 is 0 Å². The summed E-state index contributed by atoms with van der Waals surface area (Å²) < 4.78 is 1.11. The zero-order chi connectivity index (χ0) is 12.8. The predicted octanol–water partition coefficient (Wildman–Crippen LogP) is 2.20. The van der Waals surface area contributed by atoms with E-state index in [9.17, 15) is 0 Å². The number of benzene rings is 1. The molecule has 18 heavy (non-hydrogen) atoms. The van der Waals surface area contributed by atoms with Gasteiger partial charge in [0.2, 0.25) is 5.95 Å². The Hall–Kier alpha value is -1.46. The van der Waals surface area contributed by atoms with Crippen molar-refractivity contribution in [3.05, 3.63) is 52.3 Å². The molecule has 1 aromatic carbocycles. The van der Waals surface area contributed by atoms with Crippen LogP contribution in [0.15, 0.2) is 41.1 Å². The minimum atomic E-state index is 0.572. The molecule has 0 saturated heterocycles. The van der Waals surface area contributed by atoms with Crippen LogP contribution in [0.1, 0.15) is 11.1 Å². The number of halogens is 1. The van der Waals surface area contributed by atoms with E-state index in [0.29, 0.717) is 19.0 Å². The van der Waals surface area contributed by atoms with Crippen molar-refractivity contribution in [2.75, 3.05) is 18.4 Å². The third-order valence-corrected chi connectivity index (χ3v) is 3.26. The Labute approximate surface area is 115 Å². The standard InChI is InChI=1S/C13H15BrN4/c14-12-4-2-1-3-11(12)7-10-8-17-13(18-9-10)16-6-5-15/h1-4,8-9H,5-7,15H2,(H,16,17,18). The zero-order valence-electron chi connectivity index (χ0n) is 9.94. The smallest absolute Gasteiger partial charge is 0.222 e. The van der Waals surface area contributed by atoms with E-state index in [1.165, 1.54) is 5.56 Å². The van der Waals surface area contributed by atoms with Crippen molar-refractivity contribution >= 4 is 21.9 Å². The van der Waals surface area contributed by atoms with E-state index in [1.807, 2.05) is 30.6 Å². The Morgan fingerprint density at radius 2 is 1.89 bits per heavy atom. The van der Waals surface area contributed by atoms with Gasteiger partial charge in [-0.25, -0.2) is 9.97 Å². The highest BCUT2D eigenvalue weighted by molar-refractivity contribution is 9.10. The van der Waals surface area contributed by atoms with Crippen LogP contribution >= 0.6 is 15.9 Å². The Morgan fingerprint density at radius 3 is 2.56 bits per heavy atom. The maximum absolute atomic E-state index is 5.40. The summed E-state index contributed by atoms with van der Waals surface area (Å²) in [5.41, 5.74) is 7.71. The Morgan fingerprint density at radius 1 is 1.17 bits per heavy atom. The van der Waals surface area contributed by atoms with Gasteiger partial charge in [0.15, 0.2) is 0 Å². The number of nitrogens with one attached hydrogen (secondary N) is 1. The minimum Gasteiger partial charge on any atom is -0.353 e. The van der Waals surface area contributed by atoms with E-state index in [4.69, 9.17) is 5.73 Å². The van der Waals surface area contributed by atoms with Crippen molar-refractivity contribution in [3.8, 4) is 0 Å². The monoisotopic (exact) mass is 306 g/mol. The Kier molecular flexibility index (Phi) is 4.66. The Balaban J connectivity index is 2.04. The summed E-state index contributed by atoms with van der Waals surface area (Å²) >= 11 is 3.54. The molecular formula is C13H15BrN4. The molecule has 0 amide bonds. The second-order valence-corrected chi connectivity index (χ2v) is 4.75. The quantitative estimate of drug-likeness (QED) is 0.889. The number of rotatable bonds is 5. The maximum atomic E-state index is 5.40. The van der Waals surface area contributed by atoms with Gasteiger partial charge in [-0.2, -0.15) is 0 Å². The topological polar surface area (TPSA) is 63.8 Å². The van der Waals surface area contributed by atoms with Crippen LogP contribution < -0.4 is 11.1 Å². The molecule has 0 saturated carbocycles. The molecule has 4 nitrogen and oxygen atoms in total. The molecule has 0 radical (unpaired) electrons. The molecule has 0 aliphatic carbocycles. The van der Waals surface area contributed by atoms with Crippen LogP contribution in [0.5, 0.6) is 0 Å². The average Bonchev–Trinajstić information content (AvgIpc) is 2.41. The molecule has 3 N–H and O–H groups in total. The largest absolute Gasteiger partial charge is 0.353 e. The lowest BCUT2D eigenvalue weighted by molar-refractivity contribution is 0.978. The van der Waals surface area contributed by atoms with Gasteiger partial charge in [-0.15, -0.1) is 0 Å². The first kappa shape index (κ1) is 13.0. The van der Waals surface area contributed by atoms with Crippen molar-refractivity contribution in [1.82, 2.24) is 9.97 Å². The molecule has 2 aromatic rings. The van der Waals surface area contributed by atoms with Crippen LogP contribution in [0.25, 0.3) is 0 Å². The van der Waals surface area contributed by atoms with Gasteiger partial charge in [-0.1, -0.05) is 34.1 Å². The lowest BCUT2D eigenvalue weighted by Gasteiger charge is -2.05. The lowest BCUT2D eigenvalue weighted by Crippen LogP contribution is -2.14. The number of hydrogen-bond donors (Lipinski definition) is 2. The van der Waals surface area contributed by atoms with Gasteiger partial charge >= 0.3 is 0 Å². The molecule has 0 aliphatic heterocycles. The molecule has 5 heteroatoms. The Bertz CT molecular complexity index is 499. The van der Waals surface area contributed by atoms with Crippen LogP contribution in [-0.4, -0.2) is 23.1 Å². The molecule has 2 rings (SSSR count). The van der Waals surface area contributed by atoms with Gasteiger partial charge in [0.25, 0.3) is 0 Å². The minimum absolute atomic E-state index is 0.572. The molecule has 0 atom stereocenters. The molecular weight excluding hydrogens is 292 g/mol. The molecule has 0 aliphatic rings. The van der Waals surface area contributed by atoms with Crippen molar-refractivity contribution in [2.45, 2.75) is 6.42 Å². The first-order valence-electron chi connectivity index (χ1n) is 5.78. The molecule has 0 unspecified atom stereocenters. The fraction of sp³-hybridized carbons (Fsp3) is 0.231. The molecule has 1 heterocycles. The van der Waals surface area contributed by atoms with Crippen LogP contribution in [0.3, 0.4) is 0 Å². The molecule has 1 aromatic heterocycles. The highest BCUT2D eigenvalue weighted by Gasteiger charge is 2.02. The molecule has 0 fully saturated rings. The zero-order valence-corrected chi connectivity index (χ0v) is 11.5. The van der Waals surface area contributed by atoms with E-state index >= 15 is 0 Å². The van der Waals surface area contributed by atoms with Crippen molar-refractivity contribution in [1.29, 1.82) is 0 Å². The molecule has 0 bridgehead atoms. The first-order chi connectivity index (χ1) is 8.79. The summed E-state index contributed by atoms with van der Waals surface area (Å²) in [6.07, 6.45) is 4.50. The summed E-state index contributed by atoms with van der Waals surface area (Å²) in [5.74, 6) is 0.622. The van der Waals surface area contributed by atoms with E-state index in [1.54, 1.807) is 0 Å². The molecule has 94 valence electrons. The van der Waals surface area contributed by atoms with Gasteiger partial charge in [0, 0.05) is 36.4 Å². The van der Waals surface area contributed by atoms with Gasteiger partial charge in [-0.05, 0) is 17.2 Å². The van der Waals surface area contributed by atoms with E-state index < -0.39 is 0 Å². The fourth-order valence-electron chi connectivity index (χ4n) is 1.58. The van der Waals surface area contributed by atoms with Gasteiger partial charge in [0.1, 0.15) is 0 Å². The van der Waals surface area contributed by atoms with Crippen LogP contribution in [0, 0.1) is 0 Å². The van der Waals surface area contributed by atoms with E-state index in [0.717, 1.165) is 16.5 Å². The predicted molar refractivity (Wildman–Crippen MR) is 76.5 cm³/mol. The average molecular weight is 307 g/mol. The number of hydrogen-bond acceptors (Lipinski definition) is 4. The number of nitrogens with zero attached hydrogens (tertiary/aromatic N) is 2. The van der Waals surface area contributed by atoms with Crippen molar-refractivity contribution in [2.24, 2.45) is 5.73 Å². The fourth-order valence-corrected chi connectivity index (χ4v) is 2.01. The second-order valence-electron chi connectivity index (χ2n) is 3.90. The highest BCUT2D eigenvalue weighted by atomic mass is 79.9.